The highest BCUT2D eigenvalue weighted by Crippen LogP contribution is 2.26. The van der Waals surface area contributed by atoms with Gasteiger partial charge in [-0.15, -0.1) is 10.2 Å². The average Bonchev–Trinajstić information content (AvgIpc) is 3.22. The van der Waals surface area contributed by atoms with Crippen LogP contribution in [-0.4, -0.2) is 30.3 Å². The molecule has 0 bridgehead atoms. The second-order valence-electron chi connectivity index (χ2n) is 7.39. The van der Waals surface area contributed by atoms with Crippen molar-refractivity contribution in [3.63, 3.8) is 0 Å². The van der Waals surface area contributed by atoms with Gasteiger partial charge in [-0.3, -0.25) is 18.6 Å². The van der Waals surface area contributed by atoms with Gasteiger partial charge in [-0.2, -0.15) is 5.26 Å². The van der Waals surface area contributed by atoms with E-state index >= 15 is 0 Å². The SMILES string of the molecule is CCCCn1c(=O)c2ccccc2n2c(SC(C)C(=O)Nc3cccc(C#N)c3)nnc12. The number of nitrogens with zero attached hydrogens (tertiary/aromatic N) is 5. The summed E-state index contributed by atoms with van der Waals surface area (Å²) in [6, 6.07) is 16.2. The molecule has 1 amide bonds. The van der Waals surface area contributed by atoms with Crippen LogP contribution < -0.4 is 10.9 Å². The van der Waals surface area contributed by atoms with Gasteiger partial charge in [0.1, 0.15) is 0 Å². The molecule has 2 aromatic carbocycles. The van der Waals surface area contributed by atoms with Crippen molar-refractivity contribution in [3.05, 3.63) is 64.4 Å². The molecule has 0 saturated heterocycles. The van der Waals surface area contributed by atoms with Gasteiger partial charge in [-0.25, -0.2) is 0 Å². The molecule has 2 aromatic heterocycles. The number of hydrogen-bond acceptors (Lipinski definition) is 6. The molecule has 1 N–H and O–H groups in total. The van der Waals surface area contributed by atoms with Crippen molar-refractivity contribution in [2.45, 2.75) is 43.6 Å². The highest BCUT2D eigenvalue weighted by atomic mass is 32.2. The third-order valence-corrected chi connectivity index (χ3v) is 6.17. The number of rotatable bonds is 7. The first-order chi connectivity index (χ1) is 15.5. The van der Waals surface area contributed by atoms with Crippen LogP contribution in [0.25, 0.3) is 16.7 Å². The number of fused-ring (bicyclic) bond motifs is 3. The van der Waals surface area contributed by atoms with Crippen LogP contribution in [0.5, 0.6) is 0 Å². The van der Waals surface area contributed by atoms with Crippen molar-refractivity contribution in [1.82, 2.24) is 19.2 Å². The second kappa shape index (κ2) is 9.24. The summed E-state index contributed by atoms with van der Waals surface area (Å²) in [6.45, 7) is 4.41. The maximum Gasteiger partial charge on any atom is 0.262 e. The van der Waals surface area contributed by atoms with Crippen LogP contribution in [0.3, 0.4) is 0 Å². The lowest BCUT2D eigenvalue weighted by molar-refractivity contribution is -0.115. The summed E-state index contributed by atoms with van der Waals surface area (Å²) < 4.78 is 3.50. The minimum Gasteiger partial charge on any atom is -0.325 e. The molecule has 2 heterocycles. The Bertz CT molecular complexity index is 1400. The predicted octanol–water partition coefficient (Wildman–Crippen LogP) is 3.84. The van der Waals surface area contributed by atoms with Gasteiger partial charge in [-0.05, 0) is 43.7 Å². The molecule has 0 saturated carbocycles. The third kappa shape index (κ3) is 4.09. The van der Waals surface area contributed by atoms with Crippen molar-refractivity contribution >= 4 is 40.0 Å². The number of nitrogens with one attached hydrogen (secondary N) is 1. The fourth-order valence-electron chi connectivity index (χ4n) is 3.45. The van der Waals surface area contributed by atoms with Crippen molar-refractivity contribution in [2.75, 3.05) is 5.32 Å². The van der Waals surface area contributed by atoms with Crippen LogP contribution in [0.4, 0.5) is 5.69 Å². The maximum atomic E-state index is 13.0. The summed E-state index contributed by atoms with van der Waals surface area (Å²) in [4.78, 5) is 25.8. The van der Waals surface area contributed by atoms with E-state index in [4.69, 9.17) is 5.26 Å². The number of aromatic nitrogens is 4. The van der Waals surface area contributed by atoms with Crippen molar-refractivity contribution in [1.29, 1.82) is 5.26 Å². The van der Waals surface area contributed by atoms with Crippen LogP contribution in [-0.2, 0) is 11.3 Å². The molecule has 0 aliphatic carbocycles. The van der Waals surface area contributed by atoms with Crippen LogP contribution in [0.15, 0.2) is 58.5 Å². The van der Waals surface area contributed by atoms with Gasteiger partial charge in [-0.1, -0.05) is 43.3 Å². The Hall–Kier alpha value is -3.64. The molecule has 0 aliphatic rings. The minimum atomic E-state index is -0.483. The molecule has 4 aromatic rings. The number of thioether (sulfide) groups is 1. The molecule has 8 nitrogen and oxygen atoms in total. The van der Waals surface area contributed by atoms with E-state index in [-0.39, 0.29) is 11.5 Å². The van der Waals surface area contributed by atoms with Gasteiger partial charge in [0.2, 0.25) is 11.7 Å². The third-order valence-electron chi connectivity index (χ3n) is 5.12. The number of carbonyl (C=O) groups is 1. The van der Waals surface area contributed by atoms with Gasteiger partial charge in [0.05, 0.1) is 27.8 Å². The quantitative estimate of drug-likeness (QED) is 0.433. The summed E-state index contributed by atoms with van der Waals surface area (Å²) >= 11 is 1.27. The van der Waals surface area contributed by atoms with E-state index in [9.17, 15) is 9.59 Å². The normalized spacial score (nSPS) is 12.0. The Morgan fingerprint density at radius 1 is 1.22 bits per heavy atom. The first-order valence-corrected chi connectivity index (χ1v) is 11.3. The molecule has 0 spiro atoms. The summed E-state index contributed by atoms with van der Waals surface area (Å²) in [5, 5.41) is 21.1. The molecular weight excluding hydrogens is 424 g/mol. The first-order valence-electron chi connectivity index (χ1n) is 10.4. The van der Waals surface area contributed by atoms with E-state index in [0.29, 0.717) is 39.6 Å². The number of amides is 1. The predicted molar refractivity (Wildman–Crippen MR) is 125 cm³/mol. The summed E-state index contributed by atoms with van der Waals surface area (Å²) in [7, 11) is 0. The standard InChI is InChI=1S/C23H22N6O2S/c1-3-4-12-28-21(31)18-10-5-6-11-19(18)29-22(28)26-27-23(29)32-15(2)20(30)25-17-9-7-8-16(13-17)14-24/h5-11,13,15H,3-4,12H2,1-2H3,(H,25,30). The number of unbranched alkanes of at least 4 members (excludes halogenated alkanes) is 1. The topological polar surface area (TPSA) is 105 Å². The average molecular weight is 447 g/mol. The first kappa shape index (κ1) is 21.6. The summed E-state index contributed by atoms with van der Waals surface area (Å²) in [5.41, 5.74) is 1.66. The van der Waals surface area contributed by atoms with E-state index in [2.05, 4.69) is 28.5 Å². The fourth-order valence-corrected chi connectivity index (χ4v) is 4.31. The number of hydrogen-bond donors (Lipinski definition) is 1. The summed E-state index contributed by atoms with van der Waals surface area (Å²) in [5.74, 6) is 0.254. The number of anilines is 1. The van der Waals surface area contributed by atoms with E-state index in [1.165, 1.54) is 11.8 Å². The Morgan fingerprint density at radius 2 is 2.03 bits per heavy atom. The van der Waals surface area contributed by atoms with Gasteiger partial charge >= 0.3 is 0 Å². The smallest absolute Gasteiger partial charge is 0.262 e. The molecule has 1 atom stereocenters. The second-order valence-corrected chi connectivity index (χ2v) is 8.70. The van der Waals surface area contributed by atoms with Gasteiger partial charge in [0.15, 0.2) is 5.16 Å². The monoisotopic (exact) mass is 446 g/mol. The van der Waals surface area contributed by atoms with Crippen LogP contribution in [0.2, 0.25) is 0 Å². The number of nitriles is 1. The van der Waals surface area contributed by atoms with Crippen molar-refractivity contribution < 1.29 is 4.79 Å². The molecule has 32 heavy (non-hydrogen) atoms. The molecule has 162 valence electrons. The van der Waals surface area contributed by atoms with Crippen molar-refractivity contribution in [2.24, 2.45) is 0 Å². The molecule has 9 heteroatoms. The summed E-state index contributed by atoms with van der Waals surface area (Å²) in [6.07, 6.45) is 1.80. The van der Waals surface area contributed by atoms with Crippen LogP contribution >= 0.6 is 11.8 Å². The molecule has 4 rings (SSSR count). The zero-order valence-electron chi connectivity index (χ0n) is 17.8. The number of aryl methyl sites for hydroxylation is 1. The van der Waals surface area contributed by atoms with E-state index in [0.717, 1.165) is 12.8 Å². The molecular formula is C23H22N6O2S. The van der Waals surface area contributed by atoms with Crippen LogP contribution in [0, 0.1) is 11.3 Å². The van der Waals surface area contributed by atoms with Gasteiger partial charge in [0.25, 0.3) is 5.56 Å². The maximum absolute atomic E-state index is 13.0. The van der Waals surface area contributed by atoms with E-state index in [1.807, 2.05) is 22.6 Å². The fraction of sp³-hybridized carbons (Fsp3) is 0.261. The van der Waals surface area contributed by atoms with E-state index in [1.54, 1.807) is 41.8 Å². The van der Waals surface area contributed by atoms with E-state index < -0.39 is 5.25 Å². The van der Waals surface area contributed by atoms with Crippen molar-refractivity contribution in [3.8, 4) is 6.07 Å². The number of benzene rings is 2. The number of carbonyl (C=O) groups excluding carboxylic acids is 1. The molecule has 1 unspecified atom stereocenters. The highest BCUT2D eigenvalue weighted by molar-refractivity contribution is 8.00. The Labute approximate surface area is 188 Å². The lowest BCUT2D eigenvalue weighted by atomic mass is 10.2. The molecule has 0 radical (unpaired) electrons. The zero-order chi connectivity index (χ0) is 22.7. The number of para-hydroxylation sites is 1. The largest absolute Gasteiger partial charge is 0.325 e. The van der Waals surface area contributed by atoms with Gasteiger partial charge < -0.3 is 5.32 Å². The lowest BCUT2D eigenvalue weighted by Gasteiger charge is -2.13. The molecule has 0 aliphatic heterocycles. The van der Waals surface area contributed by atoms with Gasteiger partial charge in [0, 0.05) is 12.2 Å². The Balaban J connectivity index is 1.69. The Kier molecular flexibility index (Phi) is 6.23. The van der Waals surface area contributed by atoms with Crippen LogP contribution in [0.1, 0.15) is 32.3 Å². The highest BCUT2D eigenvalue weighted by Gasteiger charge is 2.21. The lowest BCUT2D eigenvalue weighted by Crippen LogP contribution is -2.24. The minimum absolute atomic E-state index is 0.0892. The Morgan fingerprint density at radius 3 is 2.81 bits per heavy atom. The molecule has 0 fully saturated rings. The zero-order valence-corrected chi connectivity index (χ0v) is 18.6.